The second-order valence-electron chi connectivity index (χ2n) is 8.56. The number of hydrogen-bond donors (Lipinski definition) is 2. The Hall–Kier alpha value is -2.93. The van der Waals surface area contributed by atoms with Crippen LogP contribution in [0, 0.1) is 0 Å². The van der Waals surface area contributed by atoms with Gasteiger partial charge in [0, 0.05) is 20.8 Å². The Kier molecular flexibility index (Phi) is 8.61. The maximum atomic E-state index is 12.8. The van der Waals surface area contributed by atoms with Crippen LogP contribution in [0.25, 0.3) is 0 Å². The summed E-state index contributed by atoms with van der Waals surface area (Å²) in [5.74, 6) is -2.69. The van der Waals surface area contributed by atoms with E-state index in [9.17, 15) is 24.0 Å². The Labute approximate surface area is 190 Å². The van der Waals surface area contributed by atoms with E-state index in [1.807, 2.05) is 0 Å². The van der Waals surface area contributed by atoms with Crippen molar-refractivity contribution >= 4 is 29.9 Å². The largest absolute Gasteiger partial charge is 0.463 e. The van der Waals surface area contributed by atoms with Gasteiger partial charge in [-0.05, 0) is 20.8 Å². The van der Waals surface area contributed by atoms with Crippen LogP contribution in [-0.4, -0.2) is 85.4 Å². The fraction of sp³-hybridized carbons (Fsp3) is 0.750. The molecule has 2 heterocycles. The SMILES string of the molecule is CC(=O)OC[C@H]1O[C@@H]2OC[C@H](NC(=O)OC(C)(C)C)C(=O)N[C@@H]2[C@@H](OC(C)=O)[C@H]1OC(C)=O. The number of carbonyl (C=O) groups is 5. The first-order valence-corrected chi connectivity index (χ1v) is 10.3. The summed E-state index contributed by atoms with van der Waals surface area (Å²) in [6.07, 6.45) is -5.51. The molecule has 0 aromatic heterocycles. The van der Waals surface area contributed by atoms with Crippen LogP contribution in [0.15, 0.2) is 0 Å². The Balaban J connectivity index is 2.27. The number of fused-ring (bicyclic) bond motifs is 1. The molecule has 33 heavy (non-hydrogen) atoms. The highest BCUT2D eigenvalue weighted by atomic mass is 16.7. The average molecular weight is 474 g/mol. The monoisotopic (exact) mass is 474 g/mol. The van der Waals surface area contributed by atoms with Gasteiger partial charge in [-0.1, -0.05) is 0 Å². The lowest BCUT2D eigenvalue weighted by Gasteiger charge is -2.44. The van der Waals surface area contributed by atoms with Gasteiger partial charge in [0.05, 0.1) is 6.61 Å². The van der Waals surface area contributed by atoms with Crippen LogP contribution in [0.2, 0.25) is 0 Å². The van der Waals surface area contributed by atoms with Gasteiger partial charge in [0.25, 0.3) is 0 Å². The summed E-state index contributed by atoms with van der Waals surface area (Å²) in [6, 6.07) is -2.24. The maximum absolute atomic E-state index is 12.8. The Morgan fingerprint density at radius 3 is 2.18 bits per heavy atom. The van der Waals surface area contributed by atoms with Crippen LogP contribution < -0.4 is 10.6 Å². The fourth-order valence-electron chi connectivity index (χ4n) is 3.29. The molecular formula is C20H30N2O11. The zero-order valence-electron chi connectivity index (χ0n) is 19.4. The molecule has 2 amide bonds. The Morgan fingerprint density at radius 1 is 1.03 bits per heavy atom. The third-order valence-corrected chi connectivity index (χ3v) is 4.44. The van der Waals surface area contributed by atoms with E-state index in [1.54, 1.807) is 20.8 Å². The molecule has 0 aromatic rings. The molecule has 0 aromatic carbocycles. The lowest BCUT2D eigenvalue weighted by molar-refractivity contribution is -0.274. The molecule has 2 saturated heterocycles. The number of esters is 3. The van der Waals surface area contributed by atoms with Gasteiger partial charge < -0.3 is 39.1 Å². The van der Waals surface area contributed by atoms with Gasteiger partial charge in [0.2, 0.25) is 5.91 Å². The molecule has 0 unspecified atom stereocenters. The van der Waals surface area contributed by atoms with Crippen molar-refractivity contribution in [2.75, 3.05) is 13.2 Å². The van der Waals surface area contributed by atoms with Crippen LogP contribution in [0.4, 0.5) is 4.79 Å². The summed E-state index contributed by atoms with van der Waals surface area (Å²) in [5.41, 5.74) is -0.787. The van der Waals surface area contributed by atoms with E-state index in [0.29, 0.717) is 0 Å². The van der Waals surface area contributed by atoms with Crippen molar-refractivity contribution in [2.45, 2.75) is 83.8 Å². The standard InChI is InChI=1S/C20H30N2O11/c1-9(23)28-8-13-15(30-10(2)24)16(31-11(3)25)14-18(32-13)29-7-12(17(26)22-14)21-19(27)33-20(4,5)6/h12-16,18H,7-8H2,1-6H3,(H,21,27)(H,22,26)/t12-,13+,14+,15-,16+,18-/m0/s1. The summed E-state index contributed by atoms with van der Waals surface area (Å²) in [4.78, 5) is 59.7. The van der Waals surface area contributed by atoms with Gasteiger partial charge in [-0.15, -0.1) is 0 Å². The fourth-order valence-corrected chi connectivity index (χ4v) is 3.29. The minimum Gasteiger partial charge on any atom is -0.463 e. The second-order valence-corrected chi connectivity index (χ2v) is 8.56. The van der Waals surface area contributed by atoms with Gasteiger partial charge in [-0.25, -0.2) is 4.79 Å². The van der Waals surface area contributed by atoms with Crippen molar-refractivity contribution in [3.63, 3.8) is 0 Å². The minimum absolute atomic E-state index is 0.294. The number of amides is 2. The molecule has 0 saturated carbocycles. The molecule has 0 radical (unpaired) electrons. The maximum Gasteiger partial charge on any atom is 0.408 e. The molecule has 0 bridgehead atoms. The highest BCUT2D eigenvalue weighted by Crippen LogP contribution is 2.29. The van der Waals surface area contributed by atoms with Gasteiger partial charge in [-0.3, -0.25) is 19.2 Å². The predicted molar refractivity (Wildman–Crippen MR) is 107 cm³/mol. The Morgan fingerprint density at radius 2 is 1.64 bits per heavy atom. The van der Waals surface area contributed by atoms with E-state index >= 15 is 0 Å². The number of hydrogen-bond acceptors (Lipinski definition) is 11. The van der Waals surface area contributed by atoms with Crippen molar-refractivity contribution in [2.24, 2.45) is 0 Å². The number of ether oxygens (including phenoxy) is 6. The number of rotatable bonds is 5. The molecule has 2 N–H and O–H groups in total. The van der Waals surface area contributed by atoms with Gasteiger partial charge in [0.1, 0.15) is 30.4 Å². The highest BCUT2D eigenvalue weighted by molar-refractivity contribution is 5.86. The third-order valence-electron chi connectivity index (χ3n) is 4.44. The normalized spacial score (nSPS) is 29.5. The van der Waals surface area contributed by atoms with Gasteiger partial charge in [0.15, 0.2) is 18.5 Å². The molecule has 13 nitrogen and oxygen atoms in total. The van der Waals surface area contributed by atoms with E-state index in [0.717, 1.165) is 13.8 Å². The molecule has 2 fully saturated rings. The van der Waals surface area contributed by atoms with E-state index in [2.05, 4.69) is 10.6 Å². The summed E-state index contributed by atoms with van der Waals surface area (Å²) in [5, 5.41) is 5.02. The molecule has 2 aliphatic rings. The molecule has 13 heteroatoms. The van der Waals surface area contributed by atoms with Crippen molar-refractivity contribution in [3.05, 3.63) is 0 Å². The number of nitrogens with one attached hydrogen (secondary N) is 2. The first kappa shape index (κ1) is 26.3. The highest BCUT2D eigenvalue weighted by Gasteiger charge is 2.53. The van der Waals surface area contributed by atoms with E-state index in [-0.39, 0.29) is 13.2 Å². The minimum atomic E-state index is -1.23. The van der Waals surface area contributed by atoms with E-state index in [1.165, 1.54) is 6.92 Å². The first-order valence-electron chi connectivity index (χ1n) is 10.3. The summed E-state index contributed by atoms with van der Waals surface area (Å²) >= 11 is 0. The van der Waals surface area contributed by atoms with Crippen LogP contribution in [-0.2, 0) is 47.6 Å². The summed E-state index contributed by atoms with van der Waals surface area (Å²) in [6.45, 7) is 7.85. The van der Waals surface area contributed by atoms with Crippen LogP contribution in [0.3, 0.4) is 0 Å². The van der Waals surface area contributed by atoms with Crippen LogP contribution in [0.5, 0.6) is 0 Å². The quantitative estimate of drug-likeness (QED) is 0.391. The average Bonchev–Trinajstić information content (AvgIpc) is 2.79. The smallest absolute Gasteiger partial charge is 0.408 e. The zero-order chi connectivity index (χ0) is 24.9. The molecular weight excluding hydrogens is 444 g/mol. The second kappa shape index (κ2) is 10.8. The third kappa shape index (κ3) is 7.86. The topological polar surface area (TPSA) is 165 Å². The van der Waals surface area contributed by atoms with E-state index < -0.39 is 72.2 Å². The molecule has 6 atom stereocenters. The van der Waals surface area contributed by atoms with Crippen LogP contribution >= 0.6 is 0 Å². The van der Waals surface area contributed by atoms with Crippen LogP contribution in [0.1, 0.15) is 41.5 Å². The van der Waals surface area contributed by atoms with Crippen molar-refractivity contribution in [1.29, 1.82) is 0 Å². The molecule has 186 valence electrons. The predicted octanol–water partition coefficient (Wildman–Crippen LogP) is -0.454. The van der Waals surface area contributed by atoms with Crippen molar-refractivity contribution < 1.29 is 52.4 Å². The summed E-state index contributed by atoms with van der Waals surface area (Å²) in [7, 11) is 0. The zero-order valence-corrected chi connectivity index (χ0v) is 19.4. The van der Waals surface area contributed by atoms with Crippen molar-refractivity contribution in [3.8, 4) is 0 Å². The lowest BCUT2D eigenvalue weighted by atomic mass is 9.96. The number of alkyl carbamates (subject to hydrolysis) is 1. The van der Waals surface area contributed by atoms with E-state index in [4.69, 9.17) is 28.4 Å². The lowest BCUT2D eigenvalue weighted by Crippen LogP contribution is -2.66. The van der Waals surface area contributed by atoms with Gasteiger partial charge in [-0.2, -0.15) is 0 Å². The molecule has 2 aliphatic heterocycles. The first-order chi connectivity index (χ1) is 15.3. The molecule has 0 aliphatic carbocycles. The molecule has 2 rings (SSSR count). The van der Waals surface area contributed by atoms with Crippen molar-refractivity contribution in [1.82, 2.24) is 10.6 Å². The number of carbonyl (C=O) groups excluding carboxylic acids is 5. The Bertz CT molecular complexity index is 778. The van der Waals surface area contributed by atoms with Gasteiger partial charge >= 0.3 is 24.0 Å². The molecule has 0 spiro atoms. The summed E-state index contributed by atoms with van der Waals surface area (Å²) < 4.78 is 32.3.